The van der Waals surface area contributed by atoms with Crippen molar-refractivity contribution in [3.8, 4) is 5.75 Å². The number of amides is 2. The zero-order chi connectivity index (χ0) is 21.1. The summed E-state index contributed by atoms with van der Waals surface area (Å²) in [5, 5.41) is 3.21. The Kier molecular flexibility index (Phi) is 4.49. The van der Waals surface area contributed by atoms with Crippen LogP contribution in [0.3, 0.4) is 0 Å². The molecule has 30 heavy (non-hydrogen) atoms. The Hall–Kier alpha value is -2.30. The molecular weight excluding hydrogens is 376 g/mol. The van der Waals surface area contributed by atoms with Crippen molar-refractivity contribution >= 4 is 23.2 Å². The van der Waals surface area contributed by atoms with E-state index in [9.17, 15) is 9.59 Å². The highest BCUT2D eigenvalue weighted by molar-refractivity contribution is 6.01. The van der Waals surface area contributed by atoms with Gasteiger partial charge >= 0.3 is 0 Å². The van der Waals surface area contributed by atoms with Gasteiger partial charge in [0.25, 0.3) is 0 Å². The van der Waals surface area contributed by atoms with Gasteiger partial charge in [0.15, 0.2) is 0 Å². The maximum absolute atomic E-state index is 13.4. The van der Waals surface area contributed by atoms with Crippen molar-refractivity contribution in [1.82, 2.24) is 0 Å². The van der Waals surface area contributed by atoms with Gasteiger partial charge in [0.2, 0.25) is 11.8 Å². The molecule has 1 aromatic rings. The summed E-state index contributed by atoms with van der Waals surface area (Å²) in [6.07, 6.45) is 8.82. The highest BCUT2D eigenvalue weighted by Crippen LogP contribution is 2.60. The van der Waals surface area contributed by atoms with Gasteiger partial charge in [0.05, 0.1) is 16.5 Å². The van der Waals surface area contributed by atoms with Crippen molar-refractivity contribution in [2.75, 3.05) is 23.4 Å². The molecule has 6 rings (SSSR count). The molecule has 4 saturated carbocycles. The van der Waals surface area contributed by atoms with E-state index in [-0.39, 0.29) is 17.2 Å². The molecule has 0 aromatic heterocycles. The largest absolute Gasteiger partial charge is 0.490 e. The second-order valence-corrected chi connectivity index (χ2v) is 10.7. The summed E-state index contributed by atoms with van der Waals surface area (Å²) in [7, 11) is 0. The van der Waals surface area contributed by atoms with Crippen molar-refractivity contribution in [3.63, 3.8) is 0 Å². The number of nitrogens with zero attached hydrogens (tertiary/aromatic N) is 1. The van der Waals surface area contributed by atoms with Crippen LogP contribution in [-0.4, -0.2) is 25.0 Å². The van der Waals surface area contributed by atoms with Crippen molar-refractivity contribution in [2.24, 2.45) is 28.6 Å². The van der Waals surface area contributed by atoms with E-state index in [4.69, 9.17) is 4.74 Å². The van der Waals surface area contributed by atoms with E-state index in [1.54, 1.807) is 11.0 Å². The third-order valence-electron chi connectivity index (χ3n) is 7.75. The van der Waals surface area contributed by atoms with Crippen molar-refractivity contribution in [1.29, 1.82) is 0 Å². The lowest BCUT2D eigenvalue weighted by Crippen LogP contribution is -2.51. The van der Waals surface area contributed by atoms with E-state index < -0.39 is 5.41 Å². The van der Waals surface area contributed by atoms with Gasteiger partial charge in [0.1, 0.15) is 12.4 Å². The van der Waals surface area contributed by atoms with Crippen molar-refractivity contribution < 1.29 is 14.3 Å². The highest BCUT2D eigenvalue weighted by Gasteiger charge is 2.54. The van der Waals surface area contributed by atoms with Gasteiger partial charge in [-0.1, -0.05) is 6.08 Å². The number of carbonyl (C=O) groups is 2. The van der Waals surface area contributed by atoms with Crippen LogP contribution in [0.5, 0.6) is 5.75 Å². The fourth-order valence-corrected chi connectivity index (χ4v) is 6.69. The quantitative estimate of drug-likeness (QED) is 0.730. The average molecular weight is 409 g/mol. The van der Waals surface area contributed by atoms with Crippen molar-refractivity contribution in [3.05, 3.63) is 30.9 Å². The van der Waals surface area contributed by atoms with E-state index in [0.717, 1.165) is 48.4 Å². The van der Waals surface area contributed by atoms with Crippen LogP contribution in [0, 0.1) is 28.6 Å². The zero-order valence-electron chi connectivity index (χ0n) is 18.1. The molecule has 0 radical (unpaired) electrons. The van der Waals surface area contributed by atoms with Crippen LogP contribution >= 0.6 is 0 Å². The Morgan fingerprint density at radius 3 is 2.43 bits per heavy atom. The standard InChI is InChI=1S/C25H32N2O3/c1-4-7-27-20-6-5-19(11-21(20)30-15-24(2,3)23(27)29)26-22(28)25-12-16-8-17(13-25)10-18(9-16)14-25/h4-6,11,16-18H,1,7-10,12-15H2,2-3H3,(H,26,28). The number of carbonyl (C=O) groups excluding carboxylic acids is 2. The Morgan fingerprint density at radius 2 is 1.83 bits per heavy atom. The topological polar surface area (TPSA) is 58.6 Å². The lowest BCUT2D eigenvalue weighted by Gasteiger charge is -2.55. The minimum absolute atomic E-state index is 0.0199. The highest BCUT2D eigenvalue weighted by atomic mass is 16.5. The number of benzene rings is 1. The van der Waals surface area contributed by atoms with Gasteiger partial charge in [0, 0.05) is 18.3 Å². The number of nitrogens with one attached hydrogen (secondary N) is 1. The van der Waals surface area contributed by atoms with E-state index in [1.807, 2.05) is 32.0 Å². The van der Waals surface area contributed by atoms with Gasteiger partial charge in [-0.2, -0.15) is 0 Å². The molecular formula is C25H32N2O3. The third kappa shape index (κ3) is 3.14. The van der Waals surface area contributed by atoms with E-state index in [1.165, 1.54) is 19.3 Å². The van der Waals surface area contributed by atoms with Crippen LogP contribution in [0.15, 0.2) is 30.9 Å². The summed E-state index contributed by atoms with van der Waals surface area (Å²) in [5.74, 6) is 3.04. The predicted octanol–water partition coefficient (Wildman–Crippen LogP) is 4.78. The molecule has 1 aliphatic heterocycles. The summed E-state index contributed by atoms with van der Waals surface area (Å²) < 4.78 is 6.03. The second kappa shape index (κ2) is 6.86. The lowest BCUT2D eigenvalue weighted by atomic mass is 9.49. The second-order valence-electron chi connectivity index (χ2n) is 10.7. The Morgan fingerprint density at radius 1 is 1.20 bits per heavy atom. The van der Waals surface area contributed by atoms with Crippen LogP contribution in [0.25, 0.3) is 0 Å². The monoisotopic (exact) mass is 408 g/mol. The van der Waals surface area contributed by atoms with Crippen LogP contribution in [0.1, 0.15) is 52.4 Å². The smallest absolute Gasteiger partial charge is 0.236 e. The molecule has 160 valence electrons. The summed E-state index contributed by atoms with van der Waals surface area (Å²) in [5.41, 5.74) is 0.679. The summed E-state index contributed by atoms with van der Waals surface area (Å²) in [6, 6.07) is 5.65. The van der Waals surface area contributed by atoms with Gasteiger partial charge in [-0.25, -0.2) is 0 Å². The molecule has 2 amide bonds. The van der Waals surface area contributed by atoms with Gasteiger partial charge in [-0.05, 0) is 82.3 Å². The first-order valence-corrected chi connectivity index (χ1v) is 11.3. The van der Waals surface area contributed by atoms with Gasteiger partial charge in [-0.15, -0.1) is 6.58 Å². The molecule has 5 aliphatic rings. The molecule has 4 fully saturated rings. The van der Waals surface area contributed by atoms with E-state index in [0.29, 0.717) is 18.9 Å². The predicted molar refractivity (Wildman–Crippen MR) is 118 cm³/mol. The maximum Gasteiger partial charge on any atom is 0.236 e. The molecule has 0 saturated heterocycles. The summed E-state index contributed by atoms with van der Waals surface area (Å²) in [4.78, 5) is 28.1. The minimum atomic E-state index is -0.620. The lowest BCUT2D eigenvalue weighted by molar-refractivity contribution is -0.140. The molecule has 1 heterocycles. The Balaban J connectivity index is 1.40. The number of anilines is 2. The van der Waals surface area contributed by atoms with Crippen LogP contribution in [0.2, 0.25) is 0 Å². The summed E-state index contributed by atoms with van der Waals surface area (Å²) >= 11 is 0. The number of rotatable bonds is 4. The van der Waals surface area contributed by atoms with Crippen LogP contribution in [-0.2, 0) is 9.59 Å². The van der Waals surface area contributed by atoms with Crippen LogP contribution < -0.4 is 15.0 Å². The molecule has 0 spiro atoms. The number of hydrogen-bond donors (Lipinski definition) is 1. The third-order valence-corrected chi connectivity index (χ3v) is 7.75. The zero-order valence-corrected chi connectivity index (χ0v) is 18.1. The molecule has 0 unspecified atom stereocenters. The normalized spacial score (nSPS) is 33.5. The molecule has 4 bridgehead atoms. The molecule has 1 aromatic carbocycles. The molecule has 0 atom stereocenters. The molecule has 1 N–H and O–H groups in total. The number of hydrogen-bond acceptors (Lipinski definition) is 3. The minimum Gasteiger partial charge on any atom is -0.490 e. The van der Waals surface area contributed by atoms with Crippen molar-refractivity contribution in [2.45, 2.75) is 52.4 Å². The SMILES string of the molecule is C=CCN1C(=O)C(C)(C)COc2cc(NC(=O)C34CC5CC(CC(C5)C3)C4)ccc21. The first kappa shape index (κ1) is 19.7. The molecule has 5 nitrogen and oxygen atoms in total. The first-order chi connectivity index (χ1) is 14.3. The molecule has 5 heteroatoms. The maximum atomic E-state index is 13.4. The summed E-state index contributed by atoms with van der Waals surface area (Å²) in [6.45, 7) is 8.32. The Bertz CT molecular complexity index is 868. The fourth-order valence-electron chi connectivity index (χ4n) is 6.69. The average Bonchev–Trinajstić information content (AvgIpc) is 2.77. The fraction of sp³-hybridized carbons (Fsp3) is 0.600. The molecule has 4 aliphatic carbocycles. The van der Waals surface area contributed by atoms with E-state index >= 15 is 0 Å². The van der Waals surface area contributed by atoms with Gasteiger partial charge in [-0.3, -0.25) is 9.59 Å². The van der Waals surface area contributed by atoms with E-state index in [2.05, 4.69) is 11.9 Å². The number of ether oxygens (including phenoxy) is 1. The number of fused-ring (bicyclic) bond motifs is 1. The van der Waals surface area contributed by atoms with Crippen LogP contribution in [0.4, 0.5) is 11.4 Å². The van der Waals surface area contributed by atoms with Gasteiger partial charge < -0.3 is 15.0 Å². The first-order valence-electron chi connectivity index (χ1n) is 11.3. The Labute approximate surface area is 178 Å².